The molecule has 15 heavy (non-hydrogen) atoms. The molecule has 0 fully saturated rings. The minimum Gasteiger partial charge on any atom is -0.408 e. The van der Waals surface area contributed by atoms with Gasteiger partial charge in [0.15, 0.2) is 5.58 Å². The van der Waals surface area contributed by atoms with Crippen LogP contribution in [0.2, 0.25) is 0 Å². The molecule has 1 heterocycles. The molecule has 0 aliphatic carbocycles. The van der Waals surface area contributed by atoms with Crippen molar-refractivity contribution >= 4 is 11.1 Å². The monoisotopic (exact) mass is 203 g/mol. The molecule has 0 saturated carbocycles. The number of hydrogen-bond acceptors (Lipinski definition) is 4. The van der Waals surface area contributed by atoms with Crippen LogP contribution in [0.3, 0.4) is 0 Å². The number of oxazole rings is 1. The summed E-state index contributed by atoms with van der Waals surface area (Å²) in [4.78, 5) is 11.3. The summed E-state index contributed by atoms with van der Waals surface area (Å²) < 4.78 is 6.25. The van der Waals surface area contributed by atoms with E-state index in [0.717, 1.165) is 5.56 Å². The van der Waals surface area contributed by atoms with E-state index in [1.807, 2.05) is 6.07 Å². The van der Waals surface area contributed by atoms with E-state index >= 15 is 0 Å². The van der Waals surface area contributed by atoms with Gasteiger partial charge in [-0.3, -0.25) is 4.57 Å². The van der Waals surface area contributed by atoms with E-state index in [2.05, 4.69) is 0 Å². The largest absolute Gasteiger partial charge is 0.420 e. The zero-order chi connectivity index (χ0) is 10.8. The molecule has 1 aromatic carbocycles. The number of nitriles is 1. The molecule has 0 aliphatic heterocycles. The van der Waals surface area contributed by atoms with Crippen LogP contribution in [0.25, 0.3) is 11.1 Å². The molecule has 0 unspecified atom stereocenters. The maximum absolute atomic E-state index is 11.3. The second kappa shape index (κ2) is 3.59. The summed E-state index contributed by atoms with van der Waals surface area (Å²) in [5.74, 6) is -0.513. The van der Waals surface area contributed by atoms with Crippen molar-refractivity contribution in [3.05, 3.63) is 34.3 Å². The number of rotatable bonds is 2. The van der Waals surface area contributed by atoms with Crippen molar-refractivity contribution in [1.82, 2.24) is 4.57 Å². The van der Waals surface area contributed by atoms with Gasteiger partial charge in [-0.2, -0.15) is 5.26 Å². The Morgan fingerprint density at radius 3 is 3.00 bits per heavy atom. The van der Waals surface area contributed by atoms with Crippen LogP contribution in [0, 0.1) is 11.3 Å². The third-order valence-corrected chi connectivity index (χ3v) is 2.20. The van der Waals surface area contributed by atoms with Gasteiger partial charge in [0.2, 0.25) is 0 Å². The average Bonchev–Trinajstić information content (AvgIpc) is 2.55. The van der Waals surface area contributed by atoms with Crippen molar-refractivity contribution in [2.45, 2.75) is 13.1 Å². The fourth-order valence-corrected chi connectivity index (χ4v) is 1.46. The highest BCUT2D eigenvalue weighted by molar-refractivity contribution is 5.73. The highest BCUT2D eigenvalue weighted by Crippen LogP contribution is 2.14. The van der Waals surface area contributed by atoms with Crippen LogP contribution in [0.1, 0.15) is 5.56 Å². The van der Waals surface area contributed by atoms with Gasteiger partial charge in [-0.15, -0.1) is 0 Å². The second-order valence-electron chi connectivity index (χ2n) is 3.12. The van der Waals surface area contributed by atoms with Crippen LogP contribution in [-0.2, 0) is 13.1 Å². The molecular weight excluding hydrogens is 194 g/mol. The first kappa shape index (κ1) is 9.49. The maximum Gasteiger partial charge on any atom is 0.420 e. The van der Waals surface area contributed by atoms with Gasteiger partial charge in [-0.25, -0.2) is 4.79 Å². The normalized spacial score (nSPS) is 10.4. The molecule has 0 spiro atoms. The molecule has 0 bridgehead atoms. The summed E-state index contributed by atoms with van der Waals surface area (Å²) in [6, 6.07) is 7.15. The molecule has 2 rings (SSSR count). The molecule has 0 amide bonds. The Kier molecular flexibility index (Phi) is 2.27. The van der Waals surface area contributed by atoms with Crippen LogP contribution in [-0.4, -0.2) is 4.57 Å². The number of nitrogens with zero attached hydrogens (tertiary/aromatic N) is 2. The van der Waals surface area contributed by atoms with Crippen LogP contribution in [0.15, 0.2) is 27.4 Å². The SMILES string of the molecule is N#CCn1c(=O)oc2ccc(CN)cc21. The van der Waals surface area contributed by atoms with Gasteiger partial charge in [0, 0.05) is 6.54 Å². The Morgan fingerprint density at radius 1 is 1.53 bits per heavy atom. The van der Waals surface area contributed by atoms with Crippen LogP contribution >= 0.6 is 0 Å². The Hall–Kier alpha value is -2.06. The Balaban J connectivity index is 2.73. The van der Waals surface area contributed by atoms with Crippen molar-refractivity contribution in [2.75, 3.05) is 0 Å². The minimum absolute atomic E-state index is 0.0140. The van der Waals surface area contributed by atoms with E-state index in [9.17, 15) is 4.79 Å². The molecule has 0 saturated heterocycles. The first-order valence-corrected chi connectivity index (χ1v) is 4.45. The molecule has 2 N–H and O–H groups in total. The molecule has 1 aromatic heterocycles. The Bertz CT molecular complexity index is 589. The van der Waals surface area contributed by atoms with E-state index in [1.54, 1.807) is 18.2 Å². The lowest BCUT2D eigenvalue weighted by atomic mass is 10.2. The van der Waals surface area contributed by atoms with Gasteiger partial charge >= 0.3 is 5.76 Å². The molecule has 5 nitrogen and oxygen atoms in total. The van der Waals surface area contributed by atoms with Gasteiger partial charge in [0.25, 0.3) is 0 Å². The lowest BCUT2D eigenvalue weighted by Gasteiger charge is -1.97. The zero-order valence-corrected chi connectivity index (χ0v) is 7.93. The molecule has 76 valence electrons. The van der Waals surface area contributed by atoms with E-state index in [-0.39, 0.29) is 6.54 Å². The van der Waals surface area contributed by atoms with Gasteiger partial charge in [-0.1, -0.05) is 6.07 Å². The molecular formula is C10H9N3O2. The van der Waals surface area contributed by atoms with E-state index in [0.29, 0.717) is 17.6 Å². The molecule has 0 atom stereocenters. The zero-order valence-electron chi connectivity index (χ0n) is 7.93. The summed E-state index contributed by atoms with van der Waals surface area (Å²) in [7, 11) is 0. The fraction of sp³-hybridized carbons (Fsp3) is 0.200. The minimum atomic E-state index is -0.513. The summed E-state index contributed by atoms with van der Waals surface area (Å²) in [6.07, 6.45) is 0. The molecule has 5 heteroatoms. The first-order valence-electron chi connectivity index (χ1n) is 4.45. The summed E-state index contributed by atoms with van der Waals surface area (Å²) in [5, 5.41) is 8.57. The van der Waals surface area contributed by atoms with Gasteiger partial charge in [0.05, 0.1) is 11.6 Å². The summed E-state index contributed by atoms with van der Waals surface area (Å²) in [5.41, 5.74) is 7.48. The van der Waals surface area contributed by atoms with Crippen LogP contribution < -0.4 is 11.5 Å². The van der Waals surface area contributed by atoms with Gasteiger partial charge in [-0.05, 0) is 17.7 Å². The van der Waals surface area contributed by atoms with Gasteiger partial charge in [0.1, 0.15) is 6.54 Å². The standard InChI is InChI=1S/C10H9N3O2/c11-3-4-13-8-5-7(6-12)1-2-9(8)15-10(13)14/h1-2,5H,4,6,12H2. The number of hydrogen-bond donors (Lipinski definition) is 1. The third-order valence-electron chi connectivity index (χ3n) is 2.20. The number of nitrogens with two attached hydrogens (primary N) is 1. The van der Waals surface area contributed by atoms with Crippen LogP contribution in [0.5, 0.6) is 0 Å². The lowest BCUT2D eigenvalue weighted by Crippen LogP contribution is -2.13. The van der Waals surface area contributed by atoms with E-state index in [1.165, 1.54) is 4.57 Å². The smallest absolute Gasteiger partial charge is 0.408 e. The van der Waals surface area contributed by atoms with Crippen LogP contribution in [0.4, 0.5) is 0 Å². The topological polar surface area (TPSA) is 85.0 Å². The Labute approximate surface area is 85.3 Å². The predicted octanol–water partition coefficient (Wildman–Crippen LogP) is 0.577. The highest BCUT2D eigenvalue weighted by atomic mass is 16.4. The second-order valence-corrected chi connectivity index (χ2v) is 3.12. The quantitative estimate of drug-likeness (QED) is 0.773. The van der Waals surface area contributed by atoms with Crippen molar-refractivity contribution in [2.24, 2.45) is 5.73 Å². The highest BCUT2D eigenvalue weighted by Gasteiger charge is 2.08. The number of aromatic nitrogens is 1. The molecule has 0 aliphatic rings. The van der Waals surface area contributed by atoms with Crippen molar-refractivity contribution in [3.8, 4) is 6.07 Å². The van der Waals surface area contributed by atoms with E-state index in [4.69, 9.17) is 15.4 Å². The summed E-state index contributed by atoms with van der Waals surface area (Å²) >= 11 is 0. The number of benzene rings is 1. The van der Waals surface area contributed by atoms with Crippen molar-refractivity contribution in [3.63, 3.8) is 0 Å². The van der Waals surface area contributed by atoms with Gasteiger partial charge < -0.3 is 10.2 Å². The third kappa shape index (κ3) is 1.51. The maximum atomic E-state index is 11.3. The lowest BCUT2D eigenvalue weighted by molar-refractivity contribution is 0.521. The fourth-order valence-electron chi connectivity index (χ4n) is 1.46. The predicted molar refractivity (Wildman–Crippen MR) is 54.0 cm³/mol. The van der Waals surface area contributed by atoms with E-state index < -0.39 is 5.76 Å². The Morgan fingerprint density at radius 2 is 2.33 bits per heavy atom. The van der Waals surface area contributed by atoms with Crippen molar-refractivity contribution in [1.29, 1.82) is 5.26 Å². The van der Waals surface area contributed by atoms with Crippen molar-refractivity contribution < 1.29 is 4.42 Å². The summed E-state index contributed by atoms with van der Waals surface area (Å²) in [6.45, 7) is 0.377. The number of fused-ring (bicyclic) bond motifs is 1. The average molecular weight is 203 g/mol. The molecule has 2 aromatic rings. The first-order chi connectivity index (χ1) is 7.26. The molecule has 0 radical (unpaired) electrons.